The molecule has 30 heavy (non-hydrogen) atoms. The fourth-order valence-corrected chi connectivity index (χ4v) is 3.09. The fourth-order valence-electron chi connectivity index (χ4n) is 3.09. The van der Waals surface area contributed by atoms with Crippen LogP contribution in [0.3, 0.4) is 0 Å². The lowest BCUT2D eigenvalue weighted by atomic mass is 9.86. The van der Waals surface area contributed by atoms with Crippen LogP contribution in [0.15, 0.2) is 22.5 Å². The van der Waals surface area contributed by atoms with Crippen LogP contribution in [0.2, 0.25) is 0 Å². The van der Waals surface area contributed by atoms with Gasteiger partial charge >= 0.3 is 24.2 Å². The van der Waals surface area contributed by atoms with Crippen LogP contribution in [-0.4, -0.2) is 70.7 Å². The minimum Gasteiger partial charge on any atom is -0.475 e. The number of carboxylic acids is 1. The van der Waals surface area contributed by atoms with Gasteiger partial charge in [-0.1, -0.05) is 0 Å². The van der Waals surface area contributed by atoms with E-state index < -0.39 is 75.9 Å². The van der Waals surface area contributed by atoms with Gasteiger partial charge in [0.15, 0.2) is 0 Å². The van der Waals surface area contributed by atoms with Gasteiger partial charge in [0, 0.05) is 6.04 Å². The summed E-state index contributed by atoms with van der Waals surface area (Å²) in [5.74, 6) is -6.29. The van der Waals surface area contributed by atoms with Gasteiger partial charge in [0.2, 0.25) is 0 Å². The van der Waals surface area contributed by atoms with Crippen LogP contribution in [0.4, 0.5) is 26.7 Å². The molecule has 1 atom stereocenters. The Balaban J connectivity index is 2.99. The first kappa shape index (κ1) is 23.1. The molecule has 2 aliphatic rings. The number of nitrogens with one attached hydrogen (secondary N) is 1. The van der Waals surface area contributed by atoms with E-state index in [1.807, 2.05) is 0 Å². The molecule has 0 saturated heterocycles. The second kappa shape index (κ2) is 8.28. The number of hydrogen-bond acceptors (Lipinski definition) is 6. The molecule has 1 aliphatic heterocycles. The van der Waals surface area contributed by atoms with Crippen molar-refractivity contribution in [1.82, 2.24) is 10.2 Å². The number of nitrogens with zero attached hydrogens (tertiary/aromatic N) is 1. The van der Waals surface area contributed by atoms with Gasteiger partial charge in [-0.2, -0.15) is 13.2 Å². The number of Topliss-reactive ketones (excluding diaryl/α,β-unsaturated/α-hetero) is 1. The molecule has 0 bridgehead atoms. The number of alkyl halides is 5. The number of halogens is 5. The van der Waals surface area contributed by atoms with Crippen molar-refractivity contribution >= 4 is 23.8 Å². The maximum Gasteiger partial charge on any atom is 0.432 e. The van der Waals surface area contributed by atoms with Gasteiger partial charge in [-0.3, -0.25) is 9.69 Å². The van der Waals surface area contributed by atoms with Crippen molar-refractivity contribution in [3.63, 3.8) is 0 Å². The standard InChI is InChI=1S/C16H15F5N2O7/c1-30-14(27)6-8(22-5-3-2-4-5)7(10(24)13(25)26)11(16(19,20)21)23(15(28)29)9(6)12(17)18/h5,9,12,22H,2-4H2,1H3,(H,25,26)(H,28,29). The quantitative estimate of drug-likeness (QED) is 0.321. The van der Waals surface area contributed by atoms with Crippen LogP contribution in [0, 0.1) is 0 Å². The molecule has 0 aromatic rings. The number of rotatable bonds is 6. The molecule has 0 aromatic carbocycles. The third-order valence-electron chi connectivity index (χ3n) is 4.56. The van der Waals surface area contributed by atoms with E-state index in [0.29, 0.717) is 26.4 Å². The summed E-state index contributed by atoms with van der Waals surface area (Å²) in [4.78, 5) is 46.2. The zero-order valence-electron chi connectivity index (χ0n) is 15.1. The average molecular weight is 442 g/mol. The maximum absolute atomic E-state index is 13.8. The highest BCUT2D eigenvalue weighted by molar-refractivity contribution is 6.41. The molecule has 1 amide bonds. The van der Waals surface area contributed by atoms with Crippen LogP contribution in [0.5, 0.6) is 0 Å². The van der Waals surface area contributed by atoms with E-state index in [9.17, 15) is 46.2 Å². The highest BCUT2D eigenvalue weighted by Gasteiger charge is 2.56. The third kappa shape index (κ3) is 4.07. The second-order valence-electron chi connectivity index (χ2n) is 6.34. The predicted molar refractivity (Wildman–Crippen MR) is 85.2 cm³/mol. The monoisotopic (exact) mass is 442 g/mol. The van der Waals surface area contributed by atoms with Crippen LogP contribution in [-0.2, 0) is 19.1 Å². The zero-order chi connectivity index (χ0) is 23.0. The number of aliphatic carboxylic acids is 1. The van der Waals surface area contributed by atoms with Gasteiger partial charge in [0.25, 0.3) is 12.2 Å². The number of methoxy groups -OCH3 is 1. The first-order valence-electron chi connectivity index (χ1n) is 8.31. The van der Waals surface area contributed by atoms with Crippen LogP contribution in [0.25, 0.3) is 0 Å². The molecule has 1 heterocycles. The van der Waals surface area contributed by atoms with E-state index in [4.69, 9.17) is 5.11 Å². The summed E-state index contributed by atoms with van der Waals surface area (Å²) in [5, 5.41) is 20.6. The number of ketones is 1. The van der Waals surface area contributed by atoms with Crippen LogP contribution >= 0.6 is 0 Å². The number of amides is 1. The fraction of sp³-hybridized carbons (Fsp3) is 0.500. The van der Waals surface area contributed by atoms with Crippen molar-refractivity contribution < 1.29 is 56.1 Å². The normalized spacial score (nSPS) is 20.2. The van der Waals surface area contributed by atoms with Crippen molar-refractivity contribution in [2.75, 3.05) is 7.11 Å². The van der Waals surface area contributed by atoms with E-state index >= 15 is 0 Å². The molecular formula is C16H15F5N2O7. The van der Waals surface area contributed by atoms with Crippen LogP contribution < -0.4 is 5.32 Å². The molecule has 1 unspecified atom stereocenters. The Bertz CT molecular complexity index is 845. The number of esters is 1. The van der Waals surface area contributed by atoms with E-state index in [2.05, 4.69) is 10.1 Å². The van der Waals surface area contributed by atoms with E-state index in [-0.39, 0.29) is 0 Å². The SMILES string of the molecule is COC(=O)C1=C(NC2CCC2)C(C(=O)C(=O)O)=C(C(F)(F)F)N(C(=O)O)C1C(F)F. The van der Waals surface area contributed by atoms with Crippen molar-refractivity contribution in [3.8, 4) is 0 Å². The summed E-state index contributed by atoms with van der Waals surface area (Å²) in [6.45, 7) is 0. The lowest BCUT2D eigenvalue weighted by molar-refractivity contribution is -0.148. The molecule has 1 fully saturated rings. The lowest BCUT2D eigenvalue weighted by Crippen LogP contribution is -2.55. The average Bonchev–Trinajstić information content (AvgIpc) is 2.60. The van der Waals surface area contributed by atoms with E-state index in [0.717, 1.165) is 0 Å². The van der Waals surface area contributed by atoms with Crippen molar-refractivity contribution in [3.05, 3.63) is 22.5 Å². The first-order valence-corrected chi connectivity index (χ1v) is 8.31. The van der Waals surface area contributed by atoms with Crippen molar-refractivity contribution in [2.24, 2.45) is 0 Å². The van der Waals surface area contributed by atoms with Gasteiger partial charge in [0.05, 0.1) is 24.0 Å². The van der Waals surface area contributed by atoms with Gasteiger partial charge in [-0.15, -0.1) is 0 Å². The molecule has 0 aromatic heterocycles. The molecule has 0 spiro atoms. The largest absolute Gasteiger partial charge is 0.475 e. The Morgan fingerprint density at radius 1 is 1.17 bits per heavy atom. The summed E-state index contributed by atoms with van der Waals surface area (Å²) >= 11 is 0. The Kier molecular flexibility index (Phi) is 6.37. The Morgan fingerprint density at radius 2 is 1.73 bits per heavy atom. The Hall–Kier alpha value is -3.19. The van der Waals surface area contributed by atoms with Gasteiger partial charge in [-0.25, -0.2) is 23.2 Å². The highest BCUT2D eigenvalue weighted by atomic mass is 19.4. The minimum absolute atomic E-state index is 0.329. The van der Waals surface area contributed by atoms with Gasteiger partial charge in [0.1, 0.15) is 11.7 Å². The summed E-state index contributed by atoms with van der Waals surface area (Å²) in [5.41, 5.74) is -6.61. The third-order valence-corrected chi connectivity index (χ3v) is 4.56. The molecule has 9 nitrogen and oxygen atoms in total. The zero-order valence-corrected chi connectivity index (χ0v) is 15.1. The summed E-state index contributed by atoms with van der Waals surface area (Å²) in [6, 6.07) is -3.65. The lowest BCUT2D eigenvalue weighted by Gasteiger charge is -2.40. The van der Waals surface area contributed by atoms with E-state index in [1.165, 1.54) is 0 Å². The molecule has 1 saturated carbocycles. The Morgan fingerprint density at radius 3 is 2.07 bits per heavy atom. The second-order valence-corrected chi connectivity index (χ2v) is 6.34. The van der Waals surface area contributed by atoms with Gasteiger partial charge in [-0.05, 0) is 19.3 Å². The number of allylic oxidation sites excluding steroid dienone is 2. The number of carbonyl (C=O) groups is 4. The number of hydrogen-bond donors (Lipinski definition) is 3. The van der Waals surface area contributed by atoms with Crippen molar-refractivity contribution in [2.45, 2.75) is 43.9 Å². The minimum atomic E-state index is -5.74. The summed E-state index contributed by atoms with van der Waals surface area (Å²) in [6.07, 6.45) is -10.9. The topological polar surface area (TPSA) is 133 Å². The predicted octanol–water partition coefficient (Wildman–Crippen LogP) is 1.65. The summed E-state index contributed by atoms with van der Waals surface area (Å²) in [7, 11) is 0.700. The molecule has 14 heteroatoms. The molecule has 2 rings (SSSR count). The molecular weight excluding hydrogens is 427 g/mol. The first-order chi connectivity index (χ1) is 13.8. The van der Waals surface area contributed by atoms with Gasteiger partial charge < -0.3 is 20.3 Å². The van der Waals surface area contributed by atoms with Crippen LogP contribution in [0.1, 0.15) is 19.3 Å². The Labute approximate surface area is 164 Å². The van der Waals surface area contributed by atoms with Crippen molar-refractivity contribution in [1.29, 1.82) is 0 Å². The molecule has 0 radical (unpaired) electrons. The smallest absolute Gasteiger partial charge is 0.432 e. The number of ether oxygens (including phenoxy) is 1. The number of carboxylic acid groups (broad SMARTS) is 2. The molecule has 3 N–H and O–H groups in total. The van der Waals surface area contributed by atoms with E-state index in [1.54, 1.807) is 0 Å². The highest BCUT2D eigenvalue weighted by Crippen LogP contribution is 2.43. The summed E-state index contributed by atoms with van der Waals surface area (Å²) < 4.78 is 73.1. The molecule has 166 valence electrons. The number of carbonyl (C=O) groups excluding carboxylic acids is 2. The molecule has 1 aliphatic carbocycles. The maximum atomic E-state index is 13.8.